The van der Waals surface area contributed by atoms with Crippen molar-refractivity contribution in [2.45, 2.75) is 0 Å². The van der Waals surface area contributed by atoms with Crippen LogP contribution in [0.1, 0.15) is 0 Å². The van der Waals surface area contributed by atoms with Gasteiger partial charge in [0.15, 0.2) is 0 Å². The van der Waals surface area contributed by atoms with Gasteiger partial charge in [-0.15, -0.1) is 0 Å². The van der Waals surface area contributed by atoms with E-state index in [1.165, 1.54) is 0 Å². The van der Waals surface area contributed by atoms with Gasteiger partial charge >= 0.3 is 0 Å². The summed E-state index contributed by atoms with van der Waals surface area (Å²) < 4.78 is 0.351. The Morgan fingerprint density at radius 1 is 1.00 bits per heavy atom. The fourth-order valence-corrected chi connectivity index (χ4v) is 1.70. The second-order valence-electron chi connectivity index (χ2n) is 3.40. The lowest BCUT2D eigenvalue weighted by atomic mass is 10.0. The van der Waals surface area contributed by atoms with Gasteiger partial charge in [0.25, 0.3) is 18.1 Å². The molecule has 0 aliphatic heterocycles. The molecule has 2 N–H and O–H groups in total. The molecule has 0 bridgehead atoms. The predicted octanol–water partition coefficient (Wildman–Crippen LogP) is 2.81. The van der Waals surface area contributed by atoms with E-state index in [2.05, 4.69) is 12.4 Å². The average molecular weight is 230 g/mol. The molecular formula is C12H10N2OS. The molecule has 0 radical (unpaired) electrons. The first kappa shape index (κ1) is 10.6. The van der Waals surface area contributed by atoms with E-state index < -0.39 is 0 Å². The van der Waals surface area contributed by atoms with Crippen LogP contribution in [0, 0.1) is 5.21 Å². The summed E-state index contributed by atoms with van der Waals surface area (Å²) in [4.78, 5) is 0. The summed E-state index contributed by atoms with van der Waals surface area (Å²) in [6.07, 6.45) is 0. The highest BCUT2D eigenvalue weighted by Crippen LogP contribution is 2.27. The smallest absolute Gasteiger partial charge is 0.284 e. The molecule has 0 unspecified atom stereocenters. The Labute approximate surface area is 98.9 Å². The molecule has 4 heteroatoms. The quantitative estimate of drug-likeness (QED) is 0.490. The third-order valence-electron chi connectivity index (χ3n) is 2.33. The molecule has 0 saturated carbocycles. The number of nitrogens with zero attached hydrogens (tertiary/aromatic N) is 1. The second-order valence-corrected chi connectivity index (χ2v) is 3.73. The van der Waals surface area contributed by atoms with Gasteiger partial charge in [0.2, 0.25) is 0 Å². The molecule has 0 fully saturated rings. The number of hydrogen-bond donors (Lipinski definition) is 1. The fourth-order valence-electron chi connectivity index (χ4n) is 1.53. The van der Waals surface area contributed by atoms with Crippen LogP contribution >= 0.6 is 0 Å². The molecule has 0 aromatic heterocycles. The molecule has 0 atom stereocenters. The van der Waals surface area contributed by atoms with E-state index in [1.54, 1.807) is 12.1 Å². The maximum Gasteiger partial charge on any atom is 0.284 e. The van der Waals surface area contributed by atoms with Gasteiger partial charge in [0, 0.05) is 6.07 Å². The Morgan fingerprint density at radius 3 is 2.25 bits per heavy atom. The predicted molar refractivity (Wildman–Crippen MR) is 66.9 cm³/mol. The minimum atomic E-state index is 0.315. The molecule has 0 aliphatic rings. The summed E-state index contributed by atoms with van der Waals surface area (Å²) in [6.45, 7) is 0. The van der Waals surface area contributed by atoms with Crippen molar-refractivity contribution in [3.05, 3.63) is 53.7 Å². The molecule has 80 valence electrons. The van der Waals surface area contributed by atoms with Crippen LogP contribution in [0.4, 0.5) is 11.4 Å². The van der Waals surface area contributed by atoms with Gasteiger partial charge in [-0.1, -0.05) is 34.4 Å². The lowest BCUT2D eigenvalue weighted by Gasteiger charge is -2.05. The monoisotopic (exact) mass is 230 g/mol. The van der Waals surface area contributed by atoms with Gasteiger partial charge in [0.1, 0.15) is 5.69 Å². The normalized spacial score (nSPS) is 10.0. The Bertz CT molecular complexity index is 526. The van der Waals surface area contributed by atoms with Gasteiger partial charge in [-0.25, -0.2) is 0 Å². The van der Waals surface area contributed by atoms with Crippen molar-refractivity contribution in [1.82, 2.24) is 0 Å². The van der Waals surface area contributed by atoms with Crippen molar-refractivity contribution < 1.29 is 4.11 Å². The molecule has 0 heterocycles. The SMILES string of the molecule is Nc1cc(-c2ccccc2)ccc1[N+]([O-])=S. The summed E-state index contributed by atoms with van der Waals surface area (Å²) >= 11 is 4.49. The second kappa shape index (κ2) is 4.28. The summed E-state index contributed by atoms with van der Waals surface area (Å²) in [7, 11) is 0. The Balaban J connectivity index is 2.46. The lowest BCUT2D eigenvalue weighted by molar-refractivity contribution is -0.324. The molecule has 0 aliphatic carbocycles. The third kappa shape index (κ3) is 2.01. The molecule has 2 aromatic carbocycles. The fraction of sp³-hybridized carbons (Fsp3) is 0. The summed E-state index contributed by atoms with van der Waals surface area (Å²) in [5.74, 6) is 0. The first-order valence-corrected chi connectivity index (χ1v) is 5.14. The number of benzene rings is 2. The van der Waals surface area contributed by atoms with Crippen LogP contribution < -0.4 is 5.73 Å². The van der Waals surface area contributed by atoms with E-state index in [-0.39, 0.29) is 0 Å². The van der Waals surface area contributed by atoms with Crippen LogP contribution in [0.3, 0.4) is 0 Å². The molecule has 0 amide bonds. The minimum absolute atomic E-state index is 0.315. The van der Waals surface area contributed by atoms with Crippen molar-refractivity contribution >= 4 is 23.8 Å². The largest absolute Gasteiger partial charge is 0.605 e. The summed E-state index contributed by atoms with van der Waals surface area (Å²) in [5, 5.41) is 11.0. The third-order valence-corrected chi connectivity index (χ3v) is 2.53. The number of nitrogens with two attached hydrogens (primary N) is 1. The standard InChI is InChI=1S/C12H10N2OS/c13-11-8-10(6-7-12(11)14(15)16)9-4-2-1-3-5-9/h1-8H,13H2. The number of nitrogen functional groups attached to an aromatic ring is 1. The van der Waals surface area contributed by atoms with E-state index in [0.29, 0.717) is 15.5 Å². The van der Waals surface area contributed by atoms with Gasteiger partial charge in [-0.05, 0) is 23.3 Å². The highest BCUT2D eigenvalue weighted by molar-refractivity contribution is 7.44. The van der Waals surface area contributed by atoms with Crippen molar-refractivity contribution in [1.29, 1.82) is 0 Å². The van der Waals surface area contributed by atoms with Crippen LogP contribution in [0.2, 0.25) is 0 Å². The van der Waals surface area contributed by atoms with E-state index in [0.717, 1.165) is 11.1 Å². The maximum absolute atomic E-state index is 11.0. The highest BCUT2D eigenvalue weighted by atomic mass is 32.1. The van der Waals surface area contributed by atoms with E-state index in [1.807, 2.05) is 36.4 Å². The molecule has 16 heavy (non-hydrogen) atoms. The highest BCUT2D eigenvalue weighted by Gasteiger charge is 2.08. The zero-order chi connectivity index (χ0) is 11.5. The van der Waals surface area contributed by atoms with Crippen LogP contribution in [0.25, 0.3) is 11.1 Å². The van der Waals surface area contributed by atoms with E-state index in [4.69, 9.17) is 5.73 Å². The molecule has 3 nitrogen and oxygen atoms in total. The molecule has 0 saturated heterocycles. The number of anilines is 1. The first-order chi connectivity index (χ1) is 7.68. The summed E-state index contributed by atoms with van der Waals surface area (Å²) in [5.41, 5.74) is 8.49. The molecular weight excluding hydrogens is 220 g/mol. The lowest BCUT2D eigenvalue weighted by Crippen LogP contribution is -1.95. The zero-order valence-corrected chi connectivity index (χ0v) is 9.28. The van der Waals surface area contributed by atoms with Crippen LogP contribution in [-0.2, 0) is 12.4 Å². The summed E-state index contributed by atoms with van der Waals surface area (Å²) in [6, 6.07) is 15.0. The van der Waals surface area contributed by atoms with Crippen LogP contribution in [0.15, 0.2) is 48.5 Å². The van der Waals surface area contributed by atoms with Crippen LogP contribution in [0.5, 0.6) is 0 Å². The zero-order valence-electron chi connectivity index (χ0n) is 8.46. The number of hydrogen-bond acceptors (Lipinski definition) is 3. The van der Waals surface area contributed by atoms with E-state index >= 15 is 0 Å². The average Bonchev–Trinajstić information content (AvgIpc) is 2.29. The van der Waals surface area contributed by atoms with Gasteiger partial charge in [0.05, 0.1) is 0 Å². The first-order valence-electron chi connectivity index (χ1n) is 4.78. The van der Waals surface area contributed by atoms with Gasteiger partial charge in [-0.3, -0.25) is 0 Å². The maximum atomic E-state index is 11.0. The van der Waals surface area contributed by atoms with Crippen LogP contribution in [-0.4, -0.2) is 4.11 Å². The molecule has 2 rings (SSSR count). The number of rotatable bonds is 2. The van der Waals surface area contributed by atoms with Crippen molar-refractivity contribution in [3.8, 4) is 11.1 Å². The molecule has 2 aromatic rings. The van der Waals surface area contributed by atoms with Crippen molar-refractivity contribution in [3.63, 3.8) is 0 Å². The minimum Gasteiger partial charge on any atom is -0.605 e. The van der Waals surface area contributed by atoms with Gasteiger partial charge in [-0.2, -0.15) is 0 Å². The topological polar surface area (TPSA) is 52.1 Å². The van der Waals surface area contributed by atoms with Gasteiger partial charge < -0.3 is 10.9 Å². The molecule has 0 spiro atoms. The van der Waals surface area contributed by atoms with Crippen molar-refractivity contribution in [2.75, 3.05) is 5.73 Å². The van der Waals surface area contributed by atoms with Crippen molar-refractivity contribution in [2.24, 2.45) is 0 Å². The Kier molecular flexibility index (Phi) is 2.83. The Hall–Kier alpha value is -1.94. The Morgan fingerprint density at radius 2 is 1.69 bits per heavy atom. The van der Waals surface area contributed by atoms with E-state index in [9.17, 15) is 5.21 Å².